The number of hydrogen-bond acceptors (Lipinski definition) is 8. The molecule has 1 saturated carbocycles. The quantitative estimate of drug-likeness (QED) is 0.543. The van der Waals surface area contributed by atoms with Crippen LogP contribution in [-0.2, 0) is 4.74 Å². The summed E-state index contributed by atoms with van der Waals surface area (Å²) in [5.74, 6) is 0.350. The van der Waals surface area contributed by atoms with E-state index in [9.17, 15) is 18.4 Å². The zero-order chi connectivity index (χ0) is 25.1. The highest BCUT2D eigenvalue weighted by Crippen LogP contribution is 2.37. The van der Waals surface area contributed by atoms with Gasteiger partial charge in [0.2, 0.25) is 5.89 Å². The Kier molecular flexibility index (Phi) is 7.39. The van der Waals surface area contributed by atoms with Gasteiger partial charge in [-0.15, -0.1) is 0 Å². The summed E-state index contributed by atoms with van der Waals surface area (Å²) in [6, 6.07) is 3.47. The van der Waals surface area contributed by atoms with E-state index >= 15 is 0 Å². The molecule has 1 aliphatic carbocycles. The molecule has 10 nitrogen and oxygen atoms in total. The minimum atomic E-state index is -3.00. The maximum Gasteiger partial charge on any atom is 0.407 e. The summed E-state index contributed by atoms with van der Waals surface area (Å²) in [6.45, 7) is -0.256. The third kappa shape index (κ3) is 5.99. The van der Waals surface area contributed by atoms with Gasteiger partial charge < -0.3 is 34.6 Å². The largest absolute Gasteiger partial charge is 0.489 e. The highest BCUT2D eigenvalue weighted by Gasteiger charge is 2.33. The number of carbonyl (C=O) groups excluding carboxylic acids is 2. The SMILES string of the molecule is COC(=O)N[C@@H]1CCN(C(=O)c2nc(-c3ccc(OC(F)F)c(OCC4CC4)c3)oc2[C@@H](C)N)C1. The first-order chi connectivity index (χ1) is 16.7. The van der Waals surface area contributed by atoms with Crippen LogP contribution >= 0.6 is 0 Å². The Labute approximate surface area is 200 Å². The molecule has 12 heteroatoms. The van der Waals surface area contributed by atoms with E-state index in [-0.39, 0.29) is 47.3 Å². The normalized spacial score (nSPS) is 18.5. The van der Waals surface area contributed by atoms with E-state index in [0.717, 1.165) is 12.8 Å². The van der Waals surface area contributed by atoms with Gasteiger partial charge in [-0.25, -0.2) is 9.78 Å². The number of alkyl halides is 2. The lowest BCUT2D eigenvalue weighted by Gasteiger charge is -2.16. The number of nitrogens with one attached hydrogen (secondary N) is 1. The molecular weight excluding hydrogens is 466 g/mol. The zero-order valence-corrected chi connectivity index (χ0v) is 19.5. The van der Waals surface area contributed by atoms with Gasteiger partial charge in [0.1, 0.15) is 0 Å². The molecule has 0 radical (unpaired) electrons. The monoisotopic (exact) mass is 494 g/mol. The fourth-order valence-electron chi connectivity index (χ4n) is 3.79. The highest BCUT2D eigenvalue weighted by molar-refractivity contribution is 5.94. The molecule has 1 aliphatic heterocycles. The zero-order valence-electron chi connectivity index (χ0n) is 19.5. The summed E-state index contributed by atoms with van der Waals surface area (Å²) in [7, 11) is 1.27. The van der Waals surface area contributed by atoms with Gasteiger partial charge in [-0.1, -0.05) is 0 Å². The van der Waals surface area contributed by atoms with Gasteiger partial charge in [0.15, 0.2) is 23.0 Å². The van der Waals surface area contributed by atoms with Crippen LogP contribution in [0.5, 0.6) is 11.5 Å². The summed E-state index contributed by atoms with van der Waals surface area (Å²) in [6.07, 6.45) is 2.05. The molecule has 2 heterocycles. The summed E-state index contributed by atoms with van der Waals surface area (Å²) < 4.78 is 46.4. The molecule has 1 aromatic heterocycles. The fourth-order valence-corrected chi connectivity index (χ4v) is 3.79. The van der Waals surface area contributed by atoms with Crippen LogP contribution in [0, 0.1) is 5.92 Å². The molecule has 2 amide bonds. The van der Waals surface area contributed by atoms with Crippen molar-refractivity contribution in [1.29, 1.82) is 0 Å². The Morgan fingerprint density at radius 2 is 2.06 bits per heavy atom. The molecule has 2 aromatic rings. The van der Waals surface area contributed by atoms with Crippen molar-refractivity contribution in [3.05, 3.63) is 29.7 Å². The van der Waals surface area contributed by atoms with Gasteiger partial charge in [-0.3, -0.25) is 4.79 Å². The maximum atomic E-state index is 13.2. The minimum Gasteiger partial charge on any atom is -0.489 e. The number of halogens is 2. The van der Waals surface area contributed by atoms with Crippen LogP contribution in [0.4, 0.5) is 13.6 Å². The summed E-state index contributed by atoms with van der Waals surface area (Å²) >= 11 is 0. The van der Waals surface area contributed by atoms with E-state index in [0.29, 0.717) is 31.1 Å². The molecule has 2 atom stereocenters. The predicted molar refractivity (Wildman–Crippen MR) is 119 cm³/mol. The van der Waals surface area contributed by atoms with Crippen LogP contribution in [0.25, 0.3) is 11.5 Å². The first-order valence-corrected chi connectivity index (χ1v) is 11.4. The van der Waals surface area contributed by atoms with Crippen LogP contribution in [0.1, 0.15) is 48.5 Å². The van der Waals surface area contributed by atoms with Gasteiger partial charge in [0.05, 0.1) is 25.8 Å². The van der Waals surface area contributed by atoms with Crippen molar-refractivity contribution in [2.75, 3.05) is 26.8 Å². The van der Waals surface area contributed by atoms with Gasteiger partial charge in [-0.2, -0.15) is 8.78 Å². The number of ether oxygens (including phenoxy) is 3. The van der Waals surface area contributed by atoms with Crippen molar-refractivity contribution in [3.8, 4) is 23.0 Å². The van der Waals surface area contributed by atoms with E-state index in [4.69, 9.17) is 14.9 Å². The number of nitrogens with two attached hydrogens (primary N) is 1. The van der Waals surface area contributed by atoms with Crippen molar-refractivity contribution >= 4 is 12.0 Å². The lowest BCUT2D eigenvalue weighted by Crippen LogP contribution is -2.38. The Morgan fingerprint density at radius 3 is 2.71 bits per heavy atom. The van der Waals surface area contributed by atoms with Crippen LogP contribution in [0.3, 0.4) is 0 Å². The van der Waals surface area contributed by atoms with Gasteiger partial charge in [-0.05, 0) is 50.3 Å². The third-order valence-corrected chi connectivity index (χ3v) is 5.83. The maximum absolute atomic E-state index is 13.2. The number of nitrogens with zero attached hydrogens (tertiary/aromatic N) is 2. The molecule has 0 bridgehead atoms. The number of carbonyl (C=O) groups is 2. The average molecular weight is 494 g/mol. The third-order valence-electron chi connectivity index (χ3n) is 5.83. The van der Waals surface area contributed by atoms with E-state index in [1.54, 1.807) is 11.8 Å². The molecule has 0 unspecified atom stereocenters. The topological polar surface area (TPSA) is 129 Å². The lowest BCUT2D eigenvalue weighted by molar-refractivity contribution is -0.0515. The molecule has 3 N–H and O–H groups in total. The molecule has 1 aromatic carbocycles. The van der Waals surface area contributed by atoms with Crippen LogP contribution < -0.4 is 20.5 Å². The smallest absolute Gasteiger partial charge is 0.407 e. The summed E-state index contributed by atoms with van der Waals surface area (Å²) in [5.41, 5.74) is 6.52. The molecule has 4 rings (SSSR count). The number of hydrogen-bond donors (Lipinski definition) is 2. The van der Waals surface area contributed by atoms with Crippen LogP contribution in [0.15, 0.2) is 22.6 Å². The van der Waals surface area contributed by atoms with Crippen molar-refractivity contribution in [2.45, 2.75) is 44.9 Å². The molecule has 2 fully saturated rings. The van der Waals surface area contributed by atoms with Crippen LogP contribution in [-0.4, -0.2) is 61.3 Å². The lowest BCUT2D eigenvalue weighted by atomic mass is 10.2. The molecule has 35 heavy (non-hydrogen) atoms. The van der Waals surface area contributed by atoms with Crippen LogP contribution in [0.2, 0.25) is 0 Å². The fraction of sp³-hybridized carbons (Fsp3) is 0.522. The van der Waals surface area contributed by atoms with Crippen molar-refractivity contribution in [3.63, 3.8) is 0 Å². The van der Waals surface area contributed by atoms with Gasteiger partial charge in [0, 0.05) is 18.7 Å². The first-order valence-electron chi connectivity index (χ1n) is 11.4. The number of likely N-dealkylation sites (tertiary alicyclic amines) is 1. The Morgan fingerprint density at radius 1 is 1.29 bits per heavy atom. The summed E-state index contributed by atoms with van der Waals surface area (Å²) in [4.78, 5) is 30.6. The number of oxazole rings is 1. The minimum absolute atomic E-state index is 0.0575. The van der Waals surface area contributed by atoms with E-state index in [2.05, 4.69) is 19.8 Å². The number of rotatable bonds is 9. The van der Waals surface area contributed by atoms with Gasteiger partial charge >= 0.3 is 12.7 Å². The number of methoxy groups -OCH3 is 1. The van der Waals surface area contributed by atoms with Crippen molar-refractivity contribution < 1.29 is 37.0 Å². The standard InChI is InChI=1S/C23H28F2N4O6/c1-12(26)19-18(21(30)29-8-7-15(10-29)27-23(31)32-2)28-20(35-19)14-5-6-16(34-22(24)25)17(9-14)33-11-13-3-4-13/h5-6,9,12-13,15,22H,3-4,7-8,10-11,26H2,1-2H3,(H,27,31)/t12-,15-/m1/s1. The molecule has 1 saturated heterocycles. The van der Waals surface area contributed by atoms with Crippen molar-refractivity contribution in [1.82, 2.24) is 15.2 Å². The van der Waals surface area contributed by atoms with Gasteiger partial charge in [0.25, 0.3) is 5.91 Å². The highest BCUT2D eigenvalue weighted by atomic mass is 19.3. The number of benzene rings is 1. The first kappa shape index (κ1) is 24.7. The summed E-state index contributed by atoms with van der Waals surface area (Å²) in [5, 5.41) is 2.68. The van der Waals surface area contributed by atoms with E-state index in [1.165, 1.54) is 25.3 Å². The number of alkyl carbamates (subject to hydrolysis) is 1. The van der Waals surface area contributed by atoms with E-state index in [1.807, 2.05) is 0 Å². The average Bonchev–Trinajstić information content (AvgIpc) is 3.35. The Bertz CT molecular complexity index is 1070. The molecular formula is C23H28F2N4O6. The molecule has 190 valence electrons. The predicted octanol–water partition coefficient (Wildman–Crippen LogP) is 3.32. The van der Waals surface area contributed by atoms with Crippen molar-refractivity contribution in [2.24, 2.45) is 11.7 Å². The second-order valence-electron chi connectivity index (χ2n) is 8.69. The Hall–Kier alpha value is -3.41. The number of amides is 2. The second-order valence-corrected chi connectivity index (χ2v) is 8.69. The number of aromatic nitrogens is 1. The molecule has 0 spiro atoms. The van der Waals surface area contributed by atoms with E-state index < -0.39 is 18.7 Å². The second kappa shape index (κ2) is 10.5. The molecule has 2 aliphatic rings. The Balaban J connectivity index is 1.57.